The molecule has 0 saturated heterocycles. The average molecular weight is 435 g/mol. The van der Waals surface area contributed by atoms with Crippen molar-refractivity contribution in [2.24, 2.45) is 0 Å². The highest BCUT2D eigenvalue weighted by Crippen LogP contribution is 2.29. The van der Waals surface area contributed by atoms with E-state index in [1.165, 1.54) is 0 Å². The van der Waals surface area contributed by atoms with Crippen LogP contribution in [0.2, 0.25) is 10.0 Å². The van der Waals surface area contributed by atoms with Crippen LogP contribution in [-0.2, 0) is 6.61 Å². The van der Waals surface area contributed by atoms with Crippen LogP contribution < -0.4 is 4.74 Å². The third-order valence-electron chi connectivity index (χ3n) is 4.76. The van der Waals surface area contributed by atoms with Crippen molar-refractivity contribution in [3.63, 3.8) is 0 Å². The number of rotatable bonds is 5. The van der Waals surface area contributed by atoms with Gasteiger partial charge in [0, 0.05) is 11.1 Å². The Morgan fingerprint density at radius 3 is 2.53 bits per heavy atom. The number of nitrogens with one attached hydrogen (secondary N) is 1. The molecule has 148 valence electrons. The topological polar surface area (TPSA) is 55.7 Å². The summed E-state index contributed by atoms with van der Waals surface area (Å²) in [5.41, 5.74) is 3.80. The lowest BCUT2D eigenvalue weighted by atomic mass is 10.1. The van der Waals surface area contributed by atoms with Crippen molar-refractivity contribution in [1.82, 2.24) is 19.7 Å². The fourth-order valence-corrected chi connectivity index (χ4v) is 3.82. The molecule has 7 heteroatoms. The summed E-state index contributed by atoms with van der Waals surface area (Å²) in [6, 6.07) is 25.1. The molecule has 2 heterocycles. The second-order valence-corrected chi connectivity index (χ2v) is 7.57. The summed E-state index contributed by atoms with van der Waals surface area (Å²) >= 11 is 12.2. The minimum absolute atomic E-state index is 0.226. The molecule has 0 unspecified atom stereocenters. The second-order valence-electron chi connectivity index (χ2n) is 6.72. The number of hydrogen-bond acceptors (Lipinski definition) is 3. The molecule has 0 saturated carbocycles. The summed E-state index contributed by atoms with van der Waals surface area (Å²) in [7, 11) is 0. The molecule has 0 aliphatic rings. The Morgan fingerprint density at radius 1 is 0.900 bits per heavy atom. The smallest absolute Gasteiger partial charge is 0.161 e. The summed E-state index contributed by atoms with van der Waals surface area (Å²) < 4.78 is 7.94. The lowest BCUT2D eigenvalue weighted by molar-refractivity contribution is 0.294. The van der Waals surface area contributed by atoms with Gasteiger partial charge in [-0.2, -0.15) is 5.10 Å². The zero-order valence-electron chi connectivity index (χ0n) is 15.7. The van der Waals surface area contributed by atoms with Crippen molar-refractivity contribution in [1.29, 1.82) is 0 Å². The van der Waals surface area contributed by atoms with E-state index >= 15 is 0 Å². The zero-order valence-corrected chi connectivity index (χ0v) is 17.2. The number of nitrogens with zero attached hydrogens (tertiary/aromatic N) is 3. The summed E-state index contributed by atoms with van der Waals surface area (Å²) in [5, 5.41) is 8.66. The second kappa shape index (κ2) is 7.86. The number of para-hydroxylation sites is 2. The number of fused-ring (bicyclic) bond motifs is 1. The summed E-state index contributed by atoms with van der Waals surface area (Å²) in [6.45, 7) is 0.226. The number of H-pyrrole nitrogens is 1. The molecule has 0 amide bonds. The Morgan fingerprint density at radius 2 is 1.70 bits per heavy atom. The predicted molar refractivity (Wildman–Crippen MR) is 119 cm³/mol. The lowest BCUT2D eigenvalue weighted by Gasteiger charge is -2.09. The predicted octanol–water partition coefficient (Wildman–Crippen LogP) is 6.30. The number of halogens is 2. The summed E-state index contributed by atoms with van der Waals surface area (Å²) in [6.07, 6.45) is 0. The average Bonchev–Trinajstić information content (AvgIpc) is 3.38. The number of benzene rings is 3. The number of aromatic amines is 1. The van der Waals surface area contributed by atoms with Crippen molar-refractivity contribution >= 4 is 34.2 Å². The maximum Gasteiger partial charge on any atom is 0.161 e. The van der Waals surface area contributed by atoms with Gasteiger partial charge >= 0.3 is 0 Å². The van der Waals surface area contributed by atoms with E-state index < -0.39 is 0 Å². The van der Waals surface area contributed by atoms with Gasteiger partial charge in [-0.25, -0.2) is 4.98 Å². The summed E-state index contributed by atoms with van der Waals surface area (Å²) in [4.78, 5) is 4.75. The van der Waals surface area contributed by atoms with Gasteiger partial charge in [0.25, 0.3) is 0 Å². The molecule has 0 aliphatic carbocycles. The molecule has 5 rings (SSSR count). The minimum Gasteiger partial charge on any atom is -0.484 e. The van der Waals surface area contributed by atoms with Crippen LogP contribution in [0.1, 0.15) is 5.82 Å². The number of hydrogen-bond donors (Lipinski definition) is 1. The minimum atomic E-state index is 0.226. The van der Waals surface area contributed by atoms with Crippen molar-refractivity contribution < 1.29 is 4.74 Å². The van der Waals surface area contributed by atoms with Crippen molar-refractivity contribution in [2.45, 2.75) is 6.61 Å². The Kier molecular flexibility index (Phi) is 4.91. The standard InChI is InChI=1S/C23H16Cl2N4O/c24-16-10-11-21(17(25)12-16)30-14-23-26-18-8-4-5-9-20(18)29(23)22-13-19(27-28-22)15-6-2-1-3-7-15/h1-13H,14H2,(H,27,28). The van der Waals surface area contributed by atoms with E-state index in [1.807, 2.05) is 65.2 Å². The zero-order chi connectivity index (χ0) is 20.5. The van der Waals surface area contributed by atoms with Gasteiger partial charge in [0.2, 0.25) is 0 Å². The van der Waals surface area contributed by atoms with Gasteiger partial charge in [-0.1, -0.05) is 65.7 Å². The Labute approximate surface area is 182 Å². The number of aromatic nitrogens is 4. The van der Waals surface area contributed by atoms with Crippen molar-refractivity contribution in [3.8, 4) is 22.8 Å². The third kappa shape index (κ3) is 3.54. The molecule has 1 N–H and O–H groups in total. The quantitative estimate of drug-likeness (QED) is 0.352. The number of ether oxygens (including phenoxy) is 1. The largest absolute Gasteiger partial charge is 0.484 e. The third-order valence-corrected chi connectivity index (χ3v) is 5.29. The number of imidazole rings is 1. The van der Waals surface area contributed by atoms with E-state index in [1.54, 1.807) is 18.2 Å². The fourth-order valence-electron chi connectivity index (χ4n) is 3.35. The van der Waals surface area contributed by atoms with Gasteiger partial charge in [0.05, 0.1) is 21.7 Å². The van der Waals surface area contributed by atoms with E-state index in [0.29, 0.717) is 21.6 Å². The maximum absolute atomic E-state index is 6.25. The first-order chi connectivity index (χ1) is 14.7. The molecular weight excluding hydrogens is 419 g/mol. The van der Waals surface area contributed by atoms with E-state index in [4.69, 9.17) is 32.9 Å². The van der Waals surface area contributed by atoms with E-state index in [9.17, 15) is 0 Å². The first-order valence-electron chi connectivity index (χ1n) is 9.34. The monoisotopic (exact) mass is 434 g/mol. The van der Waals surface area contributed by atoms with E-state index in [2.05, 4.69) is 10.2 Å². The Bertz CT molecular complexity index is 1330. The molecule has 2 aromatic heterocycles. The van der Waals surface area contributed by atoms with Crippen LogP contribution in [0.15, 0.2) is 78.9 Å². The molecule has 5 nitrogen and oxygen atoms in total. The Balaban J connectivity index is 1.54. The highest BCUT2D eigenvalue weighted by molar-refractivity contribution is 6.35. The van der Waals surface area contributed by atoms with Gasteiger partial charge in [-0.05, 0) is 35.9 Å². The highest BCUT2D eigenvalue weighted by Gasteiger charge is 2.16. The molecule has 30 heavy (non-hydrogen) atoms. The van der Waals surface area contributed by atoms with E-state index in [0.717, 1.165) is 28.1 Å². The highest BCUT2D eigenvalue weighted by atomic mass is 35.5. The van der Waals surface area contributed by atoms with Gasteiger partial charge in [-0.3, -0.25) is 9.67 Å². The van der Waals surface area contributed by atoms with Crippen LogP contribution >= 0.6 is 23.2 Å². The van der Waals surface area contributed by atoms with Crippen LogP contribution in [0.25, 0.3) is 28.1 Å². The molecule has 0 radical (unpaired) electrons. The van der Waals surface area contributed by atoms with Gasteiger partial charge < -0.3 is 4.74 Å². The van der Waals surface area contributed by atoms with Gasteiger partial charge in [0.1, 0.15) is 12.4 Å². The van der Waals surface area contributed by atoms with Crippen LogP contribution in [0.3, 0.4) is 0 Å². The summed E-state index contributed by atoms with van der Waals surface area (Å²) in [5.74, 6) is 2.00. The SMILES string of the molecule is Clc1ccc(OCc2nc3ccccc3n2-c2cc(-c3ccccc3)[nH]n2)c(Cl)c1. The maximum atomic E-state index is 6.25. The van der Waals surface area contributed by atoms with Crippen LogP contribution in [-0.4, -0.2) is 19.7 Å². The first kappa shape index (κ1) is 18.7. The molecule has 0 fully saturated rings. The molecule has 0 atom stereocenters. The van der Waals surface area contributed by atoms with Crippen LogP contribution in [0.5, 0.6) is 5.75 Å². The van der Waals surface area contributed by atoms with E-state index in [-0.39, 0.29) is 6.61 Å². The fraction of sp³-hybridized carbons (Fsp3) is 0.0435. The van der Waals surface area contributed by atoms with Crippen LogP contribution in [0, 0.1) is 0 Å². The Hall–Kier alpha value is -3.28. The molecule has 0 bridgehead atoms. The molecule has 3 aromatic carbocycles. The normalized spacial score (nSPS) is 11.1. The van der Waals surface area contributed by atoms with Gasteiger partial charge in [-0.15, -0.1) is 0 Å². The van der Waals surface area contributed by atoms with Gasteiger partial charge in [0.15, 0.2) is 11.6 Å². The van der Waals surface area contributed by atoms with Crippen LogP contribution in [0.4, 0.5) is 0 Å². The molecule has 5 aromatic rings. The first-order valence-corrected chi connectivity index (χ1v) is 10.1. The lowest BCUT2D eigenvalue weighted by Crippen LogP contribution is -2.06. The molecular formula is C23H16Cl2N4O. The van der Waals surface area contributed by atoms with Crippen molar-refractivity contribution in [3.05, 3.63) is 94.7 Å². The molecule has 0 spiro atoms. The van der Waals surface area contributed by atoms with Crippen molar-refractivity contribution in [2.75, 3.05) is 0 Å². The molecule has 0 aliphatic heterocycles.